The van der Waals surface area contributed by atoms with Crippen molar-refractivity contribution in [2.45, 2.75) is 38.8 Å². The number of nitrogens with zero attached hydrogens (tertiary/aromatic N) is 1. The van der Waals surface area contributed by atoms with E-state index in [0.29, 0.717) is 0 Å². The molecule has 17 heavy (non-hydrogen) atoms. The van der Waals surface area contributed by atoms with Gasteiger partial charge in [-0.2, -0.15) is 0 Å². The standard InChI is InChI=1S/C14H19NO2/c1-10-5-3-6-12(9-10)11(2)15-8-4-7-13(15)14(16)17/h3,5-6,9,11,13H,4,7-8H2,1-2H3,(H,16,17). The number of rotatable bonds is 3. The first kappa shape index (κ1) is 12.1. The van der Waals surface area contributed by atoms with Crippen molar-refractivity contribution in [3.05, 3.63) is 35.4 Å². The molecule has 1 saturated heterocycles. The molecule has 92 valence electrons. The van der Waals surface area contributed by atoms with Crippen LogP contribution < -0.4 is 0 Å². The fourth-order valence-corrected chi connectivity index (χ4v) is 2.64. The minimum absolute atomic E-state index is 0.179. The Kier molecular flexibility index (Phi) is 3.48. The van der Waals surface area contributed by atoms with Gasteiger partial charge in [0.25, 0.3) is 0 Å². The fourth-order valence-electron chi connectivity index (χ4n) is 2.64. The molecule has 1 fully saturated rings. The third-order valence-corrected chi connectivity index (χ3v) is 3.60. The number of carboxylic acid groups (broad SMARTS) is 1. The van der Waals surface area contributed by atoms with Crippen molar-refractivity contribution >= 4 is 5.97 Å². The summed E-state index contributed by atoms with van der Waals surface area (Å²) < 4.78 is 0. The molecule has 2 rings (SSSR count). The van der Waals surface area contributed by atoms with Crippen molar-refractivity contribution in [2.24, 2.45) is 0 Å². The summed E-state index contributed by atoms with van der Waals surface area (Å²) in [5, 5.41) is 9.19. The summed E-state index contributed by atoms with van der Waals surface area (Å²) in [4.78, 5) is 13.3. The van der Waals surface area contributed by atoms with E-state index in [9.17, 15) is 9.90 Å². The van der Waals surface area contributed by atoms with E-state index in [4.69, 9.17) is 0 Å². The van der Waals surface area contributed by atoms with Crippen LogP contribution in [0.5, 0.6) is 0 Å². The quantitative estimate of drug-likeness (QED) is 0.872. The van der Waals surface area contributed by atoms with Crippen molar-refractivity contribution in [1.82, 2.24) is 4.90 Å². The van der Waals surface area contributed by atoms with Crippen LogP contribution in [0.4, 0.5) is 0 Å². The van der Waals surface area contributed by atoms with Gasteiger partial charge in [-0.15, -0.1) is 0 Å². The lowest BCUT2D eigenvalue weighted by molar-refractivity contribution is -0.142. The lowest BCUT2D eigenvalue weighted by atomic mass is 10.0. The van der Waals surface area contributed by atoms with Gasteiger partial charge in [-0.05, 0) is 38.8 Å². The highest BCUT2D eigenvalue weighted by Crippen LogP contribution is 2.29. The second kappa shape index (κ2) is 4.88. The van der Waals surface area contributed by atoms with Crippen molar-refractivity contribution in [1.29, 1.82) is 0 Å². The van der Waals surface area contributed by atoms with E-state index in [1.165, 1.54) is 11.1 Å². The first-order valence-corrected chi connectivity index (χ1v) is 6.14. The van der Waals surface area contributed by atoms with Crippen molar-refractivity contribution < 1.29 is 9.90 Å². The van der Waals surface area contributed by atoms with Gasteiger partial charge in [0, 0.05) is 6.04 Å². The van der Waals surface area contributed by atoms with E-state index in [1.807, 2.05) is 6.07 Å². The van der Waals surface area contributed by atoms with Crippen LogP contribution >= 0.6 is 0 Å². The van der Waals surface area contributed by atoms with E-state index >= 15 is 0 Å². The van der Waals surface area contributed by atoms with E-state index < -0.39 is 5.97 Å². The highest BCUT2D eigenvalue weighted by Gasteiger charge is 2.33. The SMILES string of the molecule is Cc1cccc(C(C)N2CCCC2C(=O)O)c1. The van der Waals surface area contributed by atoms with Crippen LogP contribution in [0.3, 0.4) is 0 Å². The maximum absolute atomic E-state index is 11.2. The maximum Gasteiger partial charge on any atom is 0.320 e. The molecule has 1 aromatic carbocycles. The molecule has 0 amide bonds. The highest BCUT2D eigenvalue weighted by atomic mass is 16.4. The first-order chi connectivity index (χ1) is 8.09. The van der Waals surface area contributed by atoms with Gasteiger partial charge in [0.1, 0.15) is 6.04 Å². The number of carbonyl (C=O) groups is 1. The molecule has 1 N–H and O–H groups in total. The number of carboxylic acids is 1. The third-order valence-electron chi connectivity index (χ3n) is 3.60. The van der Waals surface area contributed by atoms with Crippen LogP contribution in [-0.2, 0) is 4.79 Å². The molecule has 1 aromatic rings. The van der Waals surface area contributed by atoms with E-state index in [0.717, 1.165) is 19.4 Å². The number of hydrogen-bond donors (Lipinski definition) is 1. The predicted octanol–water partition coefficient (Wildman–Crippen LogP) is 2.61. The summed E-state index contributed by atoms with van der Waals surface area (Å²) in [7, 11) is 0. The monoisotopic (exact) mass is 233 g/mol. The molecule has 2 unspecified atom stereocenters. The van der Waals surface area contributed by atoms with Gasteiger partial charge in [-0.1, -0.05) is 29.8 Å². The zero-order chi connectivity index (χ0) is 12.4. The Balaban J connectivity index is 2.19. The molecular formula is C14H19NO2. The van der Waals surface area contributed by atoms with Crippen LogP contribution in [0.15, 0.2) is 24.3 Å². The van der Waals surface area contributed by atoms with Gasteiger partial charge < -0.3 is 5.11 Å². The largest absolute Gasteiger partial charge is 0.480 e. The summed E-state index contributed by atoms with van der Waals surface area (Å²) in [5.74, 6) is -0.693. The van der Waals surface area contributed by atoms with Crippen molar-refractivity contribution in [3.8, 4) is 0 Å². The molecule has 0 saturated carbocycles. The predicted molar refractivity (Wildman–Crippen MR) is 67.0 cm³/mol. The van der Waals surface area contributed by atoms with Crippen LogP contribution in [0, 0.1) is 6.92 Å². The van der Waals surface area contributed by atoms with Gasteiger partial charge in [-0.25, -0.2) is 0 Å². The zero-order valence-electron chi connectivity index (χ0n) is 10.4. The van der Waals surface area contributed by atoms with Crippen molar-refractivity contribution in [2.75, 3.05) is 6.54 Å². The number of aliphatic carboxylic acids is 1. The molecule has 0 radical (unpaired) electrons. The van der Waals surface area contributed by atoms with Crippen LogP contribution in [-0.4, -0.2) is 28.6 Å². The lowest BCUT2D eigenvalue weighted by Gasteiger charge is -2.28. The van der Waals surface area contributed by atoms with Crippen LogP contribution in [0.25, 0.3) is 0 Å². The zero-order valence-corrected chi connectivity index (χ0v) is 10.4. The number of likely N-dealkylation sites (tertiary alicyclic amines) is 1. The molecule has 3 heteroatoms. The molecule has 1 aliphatic heterocycles. The van der Waals surface area contributed by atoms with E-state index in [2.05, 4.69) is 36.9 Å². The number of benzene rings is 1. The highest BCUT2D eigenvalue weighted by molar-refractivity contribution is 5.73. The Morgan fingerprint density at radius 1 is 1.53 bits per heavy atom. The second-order valence-corrected chi connectivity index (χ2v) is 4.82. The molecule has 0 spiro atoms. The Morgan fingerprint density at radius 2 is 2.29 bits per heavy atom. The fraction of sp³-hybridized carbons (Fsp3) is 0.500. The van der Waals surface area contributed by atoms with Gasteiger partial charge >= 0.3 is 5.97 Å². The first-order valence-electron chi connectivity index (χ1n) is 6.14. The molecule has 1 aliphatic rings. The van der Waals surface area contributed by atoms with E-state index in [1.54, 1.807) is 0 Å². The molecular weight excluding hydrogens is 214 g/mol. The van der Waals surface area contributed by atoms with Crippen molar-refractivity contribution in [3.63, 3.8) is 0 Å². The lowest BCUT2D eigenvalue weighted by Crippen LogP contribution is -2.37. The normalized spacial score (nSPS) is 22.6. The van der Waals surface area contributed by atoms with Gasteiger partial charge in [0.2, 0.25) is 0 Å². The Morgan fingerprint density at radius 3 is 2.94 bits per heavy atom. The smallest absolute Gasteiger partial charge is 0.320 e. The van der Waals surface area contributed by atoms with Crippen LogP contribution in [0.1, 0.15) is 36.9 Å². The van der Waals surface area contributed by atoms with E-state index in [-0.39, 0.29) is 12.1 Å². The average Bonchev–Trinajstić information content (AvgIpc) is 2.77. The summed E-state index contributed by atoms with van der Waals surface area (Å²) >= 11 is 0. The minimum atomic E-state index is -0.693. The Bertz CT molecular complexity index is 416. The number of hydrogen-bond acceptors (Lipinski definition) is 2. The van der Waals surface area contributed by atoms with Gasteiger partial charge in [-0.3, -0.25) is 9.69 Å². The molecule has 0 aromatic heterocycles. The molecule has 3 nitrogen and oxygen atoms in total. The molecule has 2 atom stereocenters. The summed E-state index contributed by atoms with van der Waals surface area (Å²) in [6.07, 6.45) is 1.75. The maximum atomic E-state index is 11.2. The summed E-state index contributed by atoms with van der Waals surface area (Å²) in [6, 6.07) is 8.18. The van der Waals surface area contributed by atoms with Gasteiger partial charge in [0.05, 0.1) is 0 Å². The van der Waals surface area contributed by atoms with Crippen LogP contribution in [0.2, 0.25) is 0 Å². The Hall–Kier alpha value is -1.35. The minimum Gasteiger partial charge on any atom is -0.480 e. The second-order valence-electron chi connectivity index (χ2n) is 4.82. The Labute approximate surface area is 102 Å². The molecule has 0 aliphatic carbocycles. The average molecular weight is 233 g/mol. The third kappa shape index (κ3) is 2.50. The molecule has 0 bridgehead atoms. The topological polar surface area (TPSA) is 40.5 Å². The summed E-state index contributed by atoms with van der Waals surface area (Å²) in [6.45, 7) is 5.04. The molecule has 1 heterocycles. The summed E-state index contributed by atoms with van der Waals surface area (Å²) in [5.41, 5.74) is 2.43. The number of aryl methyl sites for hydroxylation is 1. The van der Waals surface area contributed by atoms with Gasteiger partial charge in [0.15, 0.2) is 0 Å².